The normalized spacial score (nSPS) is 19.1. The molecule has 0 aliphatic carbocycles. The molecule has 1 rings (SSSR count). The number of hydrogen-bond acceptors (Lipinski definition) is 3. The molecule has 1 saturated heterocycles. The van der Waals surface area contributed by atoms with E-state index in [0.717, 1.165) is 4.90 Å². The Morgan fingerprint density at radius 3 is 2.75 bits per heavy atom. The van der Waals surface area contributed by atoms with Crippen LogP contribution in [0, 0.1) is 0 Å². The molecule has 0 aromatic carbocycles. The number of aliphatic hydroxyl groups excluding tert-OH is 1. The van der Waals surface area contributed by atoms with Gasteiger partial charge in [-0.05, 0) is 0 Å². The van der Waals surface area contributed by atoms with Crippen molar-refractivity contribution in [2.45, 2.75) is 6.04 Å². The van der Waals surface area contributed by atoms with Crippen molar-refractivity contribution >= 4 is 12.0 Å². The fourth-order valence-electron chi connectivity index (χ4n) is 1.09. The van der Waals surface area contributed by atoms with E-state index in [-0.39, 0.29) is 0 Å². The summed E-state index contributed by atoms with van der Waals surface area (Å²) in [5.74, 6) is -1.19. The average Bonchev–Trinajstić information content (AvgIpc) is 2.38. The van der Waals surface area contributed by atoms with Crippen LogP contribution in [0.5, 0.6) is 0 Å². The largest absolute Gasteiger partial charge is 0.480 e. The minimum atomic E-state index is -1.19. The first kappa shape index (κ1) is 8.79. The minimum Gasteiger partial charge on any atom is -0.480 e. The van der Waals surface area contributed by atoms with Crippen molar-refractivity contribution < 1.29 is 19.8 Å². The van der Waals surface area contributed by atoms with Gasteiger partial charge in [0.2, 0.25) is 0 Å². The van der Waals surface area contributed by atoms with Gasteiger partial charge in [0.15, 0.2) is 6.04 Å². The van der Waals surface area contributed by atoms with Gasteiger partial charge in [-0.2, -0.15) is 0 Å². The fraction of sp³-hybridized carbons (Fsp3) is 0.667. The molecule has 0 spiro atoms. The quantitative estimate of drug-likeness (QED) is 0.483. The van der Waals surface area contributed by atoms with E-state index in [1.165, 1.54) is 0 Å². The lowest BCUT2D eigenvalue weighted by atomic mass is 10.3. The van der Waals surface area contributed by atoms with Crippen molar-refractivity contribution in [3.63, 3.8) is 0 Å². The lowest BCUT2D eigenvalue weighted by Gasteiger charge is -2.20. The Labute approximate surface area is 68.8 Å². The topological polar surface area (TPSA) is 89.9 Å². The summed E-state index contributed by atoms with van der Waals surface area (Å²) in [5, 5.41) is 19.7. The van der Waals surface area contributed by atoms with Crippen LogP contribution in [0.4, 0.5) is 4.79 Å². The molecule has 1 unspecified atom stereocenters. The van der Waals surface area contributed by atoms with E-state index in [1.807, 2.05) is 0 Å². The van der Waals surface area contributed by atoms with Crippen LogP contribution in [0.2, 0.25) is 0 Å². The Bertz CT molecular complexity index is 206. The highest BCUT2D eigenvalue weighted by molar-refractivity contribution is 5.83. The van der Waals surface area contributed by atoms with Gasteiger partial charge in [-0.25, -0.2) is 9.59 Å². The molecule has 0 bridgehead atoms. The zero-order valence-corrected chi connectivity index (χ0v) is 6.36. The number of carbonyl (C=O) groups is 2. The zero-order chi connectivity index (χ0) is 9.14. The molecule has 2 amide bonds. The summed E-state index contributed by atoms with van der Waals surface area (Å²) in [5.41, 5.74) is 0. The van der Waals surface area contributed by atoms with Gasteiger partial charge in [0.25, 0.3) is 0 Å². The molecular formula is C6H10N2O4. The van der Waals surface area contributed by atoms with Gasteiger partial charge in [0.05, 0.1) is 6.61 Å². The van der Waals surface area contributed by atoms with Gasteiger partial charge < -0.3 is 20.4 Å². The Morgan fingerprint density at radius 1 is 1.75 bits per heavy atom. The molecular weight excluding hydrogens is 164 g/mol. The van der Waals surface area contributed by atoms with E-state index in [2.05, 4.69) is 5.32 Å². The molecule has 1 heterocycles. The van der Waals surface area contributed by atoms with Crippen molar-refractivity contribution in [3.05, 3.63) is 0 Å². The maximum absolute atomic E-state index is 10.9. The summed E-state index contributed by atoms with van der Waals surface area (Å²) in [6.45, 7) is 0.210. The second-order valence-corrected chi connectivity index (χ2v) is 2.46. The second-order valence-electron chi connectivity index (χ2n) is 2.46. The van der Waals surface area contributed by atoms with Crippen LogP contribution in [-0.4, -0.2) is 52.9 Å². The summed E-state index contributed by atoms with van der Waals surface area (Å²) in [6.07, 6.45) is 0. The number of aliphatic hydroxyl groups is 1. The van der Waals surface area contributed by atoms with Crippen LogP contribution in [0.25, 0.3) is 0 Å². The third-order valence-electron chi connectivity index (χ3n) is 1.72. The fourth-order valence-corrected chi connectivity index (χ4v) is 1.09. The molecule has 1 aliphatic heterocycles. The van der Waals surface area contributed by atoms with E-state index >= 15 is 0 Å². The van der Waals surface area contributed by atoms with Crippen LogP contribution >= 0.6 is 0 Å². The first-order valence-electron chi connectivity index (χ1n) is 3.55. The molecule has 0 aromatic heterocycles. The van der Waals surface area contributed by atoms with Crippen LogP contribution in [0.3, 0.4) is 0 Å². The monoisotopic (exact) mass is 174 g/mol. The van der Waals surface area contributed by atoms with E-state index in [1.54, 1.807) is 0 Å². The average molecular weight is 174 g/mol. The molecule has 1 aliphatic rings. The highest BCUT2D eigenvalue weighted by Crippen LogP contribution is 2.03. The SMILES string of the molecule is O=C(O)C(CO)N1CCNC1=O. The predicted molar refractivity (Wildman–Crippen MR) is 38.6 cm³/mol. The van der Waals surface area contributed by atoms with E-state index in [0.29, 0.717) is 13.1 Å². The Morgan fingerprint density at radius 2 is 2.42 bits per heavy atom. The Kier molecular flexibility index (Phi) is 2.49. The van der Waals surface area contributed by atoms with Gasteiger partial charge >= 0.3 is 12.0 Å². The van der Waals surface area contributed by atoms with Gasteiger partial charge in [-0.1, -0.05) is 0 Å². The maximum Gasteiger partial charge on any atom is 0.328 e. The standard InChI is InChI=1S/C6H10N2O4/c9-3-4(5(10)11)8-2-1-7-6(8)12/h4,9H,1-3H2,(H,7,12)(H,10,11). The van der Waals surface area contributed by atoms with Crippen molar-refractivity contribution in [1.29, 1.82) is 0 Å². The minimum absolute atomic E-state index is 0.330. The number of hydrogen-bond donors (Lipinski definition) is 3. The van der Waals surface area contributed by atoms with E-state index in [9.17, 15) is 9.59 Å². The van der Waals surface area contributed by atoms with Gasteiger partial charge in [-0.15, -0.1) is 0 Å². The van der Waals surface area contributed by atoms with E-state index in [4.69, 9.17) is 10.2 Å². The van der Waals surface area contributed by atoms with Gasteiger partial charge in [0, 0.05) is 13.1 Å². The third-order valence-corrected chi connectivity index (χ3v) is 1.72. The van der Waals surface area contributed by atoms with Crippen LogP contribution in [0.1, 0.15) is 0 Å². The van der Waals surface area contributed by atoms with Crippen molar-refractivity contribution in [1.82, 2.24) is 10.2 Å². The van der Waals surface area contributed by atoms with Crippen molar-refractivity contribution in [2.24, 2.45) is 0 Å². The lowest BCUT2D eigenvalue weighted by Crippen LogP contribution is -2.45. The summed E-state index contributed by atoms with van der Waals surface area (Å²) in [6, 6.07) is -1.55. The van der Waals surface area contributed by atoms with Crippen LogP contribution in [-0.2, 0) is 4.79 Å². The zero-order valence-electron chi connectivity index (χ0n) is 6.36. The van der Waals surface area contributed by atoms with Crippen molar-refractivity contribution in [3.8, 4) is 0 Å². The predicted octanol–water partition coefficient (Wildman–Crippen LogP) is -1.54. The number of nitrogens with zero attached hydrogens (tertiary/aromatic N) is 1. The molecule has 12 heavy (non-hydrogen) atoms. The summed E-state index contributed by atoms with van der Waals surface area (Å²) < 4.78 is 0. The number of aliphatic carboxylic acids is 1. The Hall–Kier alpha value is -1.30. The highest BCUT2D eigenvalue weighted by atomic mass is 16.4. The summed E-state index contributed by atoms with van der Waals surface area (Å²) in [4.78, 5) is 22.5. The smallest absolute Gasteiger partial charge is 0.328 e. The molecule has 3 N–H and O–H groups in total. The number of nitrogens with one attached hydrogen (secondary N) is 1. The molecule has 68 valence electrons. The van der Waals surface area contributed by atoms with Gasteiger partial charge in [0.1, 0.15) is 0 Å². The number of amides is 2. The third kappa shape index (κ3) is 1.48. The number of rotatable bonds is 3. The molecule has 0 saturated carbocycles. The summed E-state index contributed by atoms with van der Waals surface area (Å²) in [7, 11) is 0. The van der Waals surface area contributed by atoms with Crippen molar-refractivity contribution in [2.75, 3.05) is 19.7 Å². The number of carbonyl (C=O) groups excluding carboxylic acids is 1. The second kappa shape index (κ2) is 3.40. The molecule has 0 radical (unpaired) electrons. The van der Waals surface area contributed by atoms with Crippen LogP contribution in [0.15, 0.2) is 0 Å². The molecule has 1 fully saturated rings. The number of urea groups is 1. The molecule has 0 aromatic rings. The summed E-state index contributed by atoms with van der Waals surface area (Å²) >= 11 is 0. The lowest BCUT2D eigenvalue weighted by molar-refractivity contribution is -0.143. The molecule has 6 nitrogen and oxygen atoms in total. The molecule has 6 heteroatoms. The first-order valence-corrected chi connectivity index (χ1v) is 3.55. The van der Waals surface area contributed by atoms with Crippen LogP contribution < -0.4 is 5.32 Å². The maximum atomic E-state index is 10.9. The molecule has 1 atom stereocenters. The number of carboxylic acid groups (broad SMARTS) is 1. The Balaban J connectivity index is 2.65. The number of carboxylic acids is 1. The van der Waals surface area contributed by atoms with Gasteiger partial charge in [-0.3, -0.25) is 0 Å². The van der Waals surface area contributed by atoms with E-state index < -0.39 is 24.6 Å². The highest BCUT2D eigenvalue weighted by Gasteiger charge is 2.31. The first-order chi connectivity index (χ1) is 5.66.